The van der Waals surface area contributed by atoms with Crippen molar-refractivity contribution in [3.8, 4) is 22.7 Å². The van der Waals surface area contributed by atoms with Gasteiger partial charge in [-0.2, -0.15) is 8.78 Å². The van der Waals surface area contributed by atoms with Crippen LogP contribution in [-0.4, -0.2) is 25.2 Å². The van der Waals surface area contributed by atoms with Gasteiger partial charge in [-0.1, -0.05) is 47.7 Å². The standard InChI is InChI=1S/C18H13F2N5O/c19-16(20)18-23-22-17(26-18)14-8-6-12(7-9-14)10-25-11-15(21-24-25)13-4-2-1-3-5-13/h1-9,11,16H,10H2. The molecule has 0 fully saturated rings. The lowest BCUT2D eigenvalue weighted by Crippen LogP contribution is -2.00. The normalized spacial score (nSPS) is 11.2. The minimum atomic E-state index is -2.78. The van der Waals surface area contributed by atoms with Gasteiger partial charge in [-0.15, -0.1) is 15.3 Å². The molecule has 2 aromatic carbocycles. The highest BCUT2D eigenvalue weighted by molar-refractivity contribution is 5.57. The molecule has 2 heterocycles. The Kier molecular flexibility index (Phi) is 4.22. The Balaban J connectivity index is 1.48. The first kappa shape index (κ1) is 16.1. The molecule has 0 aliphatic heterocycles. The molecule has 0 saturated heterocycles. The minimum absolute atomic E-state index is 0.0685. The number of rotatable bonds is 5. The smallest absolute Gasteiger partial charge is 0.314 e. The lowest BCUT2D eigenvalue weighted by Gasteiger charge is -2.02. The monoisotopic (exact) mass is 353 g/mol. The van der Waals surface area contributed by atoms with Gasteiger partial charge in [0.05, 0.1) is 12.7 Å². The van der Waals surface area contributed by atoms with E-state index < -0.39 is 12.3 Å². The summed E-state index contributed by atoms with van der Waals surface area (Å²) in [5.41, 5.74) is 3.36. The van der Waals surface area contributed by atoms with Crippen LogP contribution in [0.5, 0.6) is 0 Å². The largest absolute Gasteiger partial charge is 0.415 e. The van der Waals surface area contributed by atoms with E-state index in [1.807, 2.05) is 48.7 Å². The molecule has 26 heavy (non-hydrogen) atoms. The van der Waals surface area contributed by atoms with Crippen LogP contribution in [0.3, 0.4) is 0 Å². The Morgan fingerprint density at radius 1 is 0.885 bits per heavy atom. The minimum Gasteiger partial charge on any atom is -0.415 e. The lowest BCUT2D eigenvalue weighted by atomic mass is 10.1. The van der Waals surface area contributed by atoms with E-state index in [1.165, 1.54) is 0 Å². The van der Waals surface area contributed by atoms with Gasteiger partial charge < -0.3 is 4.42 Å². The Morgan fingerprint density at radius 3 is 2.35 bits per heavy atom. The van der Waals surface area contributed by atoms with Gasteiger partial charge in [-0.3, -0.25) is 0 Å². The molecule has 0 aliphatic carbocycles. The van der Waals surface area contributed by atoms with Crippen molar-refractivity contribution in [1.82, 2.24) is 25.2 Å². The highest BCUT2D eigenvalue weighted by atomic mass is 19.3. The second-order valence-corrected chi connectivity index (χ2v) is 5.61. The maximum atomic E-state index is 12.5. The summed E-state index contributed by atoms with van der Waals surface area (Å²) in [5.74, 6) is -0.612. The molecule has 0 bridgehead atoms. The fourth-order valence-corrected chi connectivity index (χ4v) is 2.50. The third kappa shape index (κ3) is 3.34. The zero-order chi connectivity index (χ0) is 17.9. The lowest BCUT2D eigenvalue weighted by molar-refractivity contribution is 0.116. The first-order valence-electron chi connectivity index (χ1n) is 7.85. The van der Waals surface area contributed by atoms with Gasteiger partial charge in [-0.25, -0.2) is 4.68 Å². The Labute approximate surface area is 147 Å². The zero-order valence-electron chi connectivity index (χ0n) is 13.5. The van der Waals surface area contributed by atoms with E-state index in [-0.39, 0.29) is 5.89 Å². The van der Waals surface area contributed by atoms with Crippen LogP contribution in [0, 0.1) is 0 Å². The molecule has 0 unspecified atom stereocenters. The Morgan fingerprint density at radius 2 is 1.65 bits per heavy atom. The molecule has 0 aliphatic rings. The summed E-state index contributed by atoms with van der Waals surface area (Å²) in [6.07, 6.45) is -0.905. The fourth-order valence-electron chi connectivity index (χ4n) is 2.50. The molecule has 4 rings (SSSR count). The molecule has 4 aromatic rings. The van der Waals surface area contributed by atoms with Crippen LogP contribution < -0.4 is 0 Å². The molecule has 0 saturated carbocycles. The number of hydrogen-bond donors (Lipinski definition) is 0. The van der Waals surface area contributed by atoms with Crippen molar-refractivity contribution >= 4 is 0 Å². The molecule has 130 valence electrons. The second-order valence-electron chi connectivity index (χ2n) is 5.61. The predicted molar refractivity (Wildman–Crippen MR) is 89.3 cm³/mol. The number of nitrogens with zero attached hydrogens (tertiary/aromatic N) is 5. The van der Waals surface area contributed by atoms with Crippen LogP contribution in [0.4, 0.5) is 8.78 Å². The highest BCUT2D eigenvalue weighted by Crippen LogP contribution is 2.23. The Bertz CT molecular complexity index is 996. The van der Waals surface area contributed by atoms with Gasteiger partial charge >= 0.3 is 6.43 Å². The third-order valence-corrected chi connectivity index (χ3v) is 3.78. The number of halogens is 2. The fraction of sp³-hybridized carbons (Fsp3) is 0.111. The number of hydrogen-bond acceptors (Lipinski definition) is 5. The van der Waals surface area contributed by atoms with Crippen molar-refractivity contribution in [2.45, 2.75) is 13.0 Å². The third-order valence-electron chi connectivity index (χ3n) is 3.78. The molecule has 0 amide bonds. The van der Waals surface area contributed by atoms with Crippen LogP contribution in [0.15, 0.2) is 65.2 Å². The van der Waals surface area contributed by atoms with Crippen molar-refractivity contribution in [1.29, 1.82) is 0 Å². The first-order valence-corrected chi connectivity index (χ1v) is 7.85. The Hall–Kier alpha value is -3.42. The quantitative estimate of drug-likeness (QED) is 0.543. The van der Waals surface area contributed by atoms with E-state index >= 15 is 0 Å². The second kappa shape index (κ2) is 6.83. The summed E-state index contributed by atoms with van der Waals surface area (Å²) in [5, 5.41) is 15.3. The van der Waals surface area contributed by atoms with E-state index in [0.29, 0.717) is 12.1 Å². The van der Waals surface area contributed by atoms with Gasteiger partial charge in [-0.05, 0) is 17.7 Å². The maximum absolute atomic E-state index is 12.5. The number of alkyl halides is 2. The summed E-state index contributed by atoms with van der Waals surface area (Å²) in [6.45, 7) is 0.534. The van der Waals surface area contributed by atoms with E-state index in [0.717, 1.165) is 16.8 Å². The first-order chi connectivity index (χ1) is 12.7. The SMILES string of the molecule is FC(F)c1nnc(-c2ccc(Cn3cc(-c4ccccc4)nn3)cc2)o1. The van der Waals surface area contributed by atoms with Crippen LogP contribution in [0.2, 0.25) is 0 Å². The van der Waals surface area contributed by atoms with E-state index in [1.54, 1.807) is 16.8 Å². The van der Waals surface area contributed by atoms with Crippen LogP contribution in [0.25, 0.3) is 22.7 Å². The molecule has 0 spiro atoms. The molecule has 2 aromatic heterocycles. The van der Waals surface area contributed by atoms with Crippen LogP contribution in [-0.2, 0) is 6.54 Å². The topological polar surface area (TPSA) is 69.6 Å². The summed E-state index contributed by atoms with van der Waals surface area (Å²) in [4.78, 5) is 0. The summed E-state index contributed by atoms with van der Waals surface area (Å²) in [7, 11) is 0. The predicted octanol–water partition coefficient (Wildman–Crippen LogP) is 3.98. The van der Waals surface area contributed by atoms with E-state index in [2.05, 4.69) is 20.5 Å². The molecule has 0 radical (unpaired) electrons. The van der Waals surface area contributed by atoms with Crippen molar-refractivity contribution in [3.63, 3.8) is 0 Å². The van der Waals surface area contributed by atoms with Gasteiger partial charge in [0.15, 0.2) is 0 Å². The molecule has 6 nitrogen and oxygen atoms in total. The zero-order valence-corrected chi connectivity index (χ0v) is 13.5. The van der Waals surface area contributed by atoms with Crippen molar-refractivity contribution < 1.29 is 13.2 Å². The van der Waals surface area contributed by atoms with Gasteiger partial charge in [0, 0.05) is 11.1 Å². The van der Waals surface area contributed by atoms with Gasteiger partial charge in [0.1, 0.15) is 5.69 Å². The molecule has 0 atom stereocenters. The molecular formula is C18H13F2N5O. The van der Waals surface area contributed by atoms with E-state index in [9.17, 15) is 8.78 Å². The average Bonchev–Trinajstić information content (AvgIpc) is 3.33. The van der Waals surface area contributed by atoms with Crippen LogP contribution in [0.1, 0.15) is 17.9 Å². The molecular weight excluding hydrogens is 340 g/mol. The number of benzene rings is 2. The van der Waals surface area contributed by atoms with Crippen molar-refractivity contribution in [2.24, 2.45) is 0 Å². The summed E-state index contributed by atoms with van der Waals surface area (Å²) in [6, 6.07) is 17.0. The summed E-state index contributed by atoms with van der Waals surface area (Å²) < 4.78 is 31.7. The molecule has 0 N–H and O–H groups in total. The average molecular weight is 353 g/mol. The van der Waals surface area contributed by atoms with Crippen molar-refractivity contribution in [3.05, 3.63) is 72.2 Å². The van der Waals surface area contributed by atoms with E-state index in [4.69, 9.17) is 4.42 Å². The maximum Gasteiger partial charge on any atom is 0.314 e. The highest BCUT2D eigenvalue weighted by Gasteiger charge is 2.16. The van der Waals surface area contributed by atoms with Crippen LogP contribution >= 0.6 is 0 Å². The van der Waals surface area contributed by atoms with Gasteiger partial charge in [0.25, 0.3) is 5.89 Å². The molecule has 8 heteroatoms. The summed E-state index contributed by atoms with van der Waals surface area (Å²) >= 11 is 0. The van der Waals surface area contributed by atoms with Crippen molar-refractivity contribution in [2.75, 3.05) is 0 Å². The number of aromatic nitrogens is 5. The van der Waals surface area contributed by atoms with Gasteiger partial charge in [0.2, 0.25) is 5.89 Å².